The maximum atomic E-state index is 12.4. The van der Waals surface area contributed by atoms with Crippen LogP contribution in [0.1, 0.15) is 6.92 Å². The lowest BCUT2D eigenvalue weighted by molar-refractivity contribution is -0.130. The highest BCUT2D eigenvalue weighted by atomic mass is 16.2. The van der Waals surface area contributed by atoms with Gasteiger partial charge in [-0.3, -0.25) is 14.5 Å². The number of nitrogens with two attached hydrogens (primary N) is 1. The van der Waals surface area contributed by atoms with E-state index >= 15 is 0 Å². The SMILES string of the molecule is CC(=O)N1CCN(CC(=O)Nc2nc(-c3c#cccc3)ccc2N)CC1. The first-order chi connectivity index (χ1) is 12.5. The van der Waals surface area contributed by atoms with Gasteiger partial charge >= 0.3 is 0 Å². The highest BCUT2D eigenvalue weighted by molar-refractivity contribution is 5.94. The van der Waals surface area contributed by atoms with Gasteiger partial charge in [-0.25, -0.2) is 4.98 Å². The summed E-state index contributed by atoms with van der Waals surface area (Å²) in [4.78, 5) is 31.9. The third kappa shape index (κ3) is 4.29. The zero-order valence-electron chi connectivity index (χ0n) is 14.7. The van der Waals surface area contributed by atoms with Crippen LogP contribution in [0.2, 0.25) is 0 Å². The van der Waals surface area contributed by atoms with Crippen molar-refractivity contribution >= 4 is 23.3 Å². The van der Waals surface area contributed by atoms with Crippen molar-refractivity contribution in [3.63, 3.8) is 0 Å². The lowest BCUT2D eigenvalue weighted by Crippen LogP contribution is -2.49. The van der Waals surface area contributed by atoms with Crippen LogP contribution in [0.25, 0.3) is 11.3 Å². The number of pyridine rings is 1. The van der Waals surface area contributed by atoms with Gasteiger partial charge in [-0.1, -0.05) is 18.2 Å². The number of anilines is 2. The second-order valence-corrected chi connectivity index (χ2v) is 6.17. The molecule has 2 heterocycles. The molecule has 1 aliphatic rings. The average Bonchev–Trinajstić information content (AvgIpc) is 2.64. The Morgan fingerprint density at radius 2 is 2.00 bits per heavy atom. The van der Waals surface area contributed by atoms with E-state index in [-0.39, 0.29) is 18.4 Å². The molecule has 2 amide bonds. The van der Waals surface area contributed by atoms with Crippen molar-refractivity contribution in [2.75, 3.05) is 43.8 Å². The fourth-order valence-electron chi connectivity index (χ4n) is 2.82. The molecule has 0 aliphatic carbocycles. The normalized spacial score (nSPS) is 14.6. The summed E-state index contributed by atoms with van der Waals surface area (Å²) in [6.07, 6.45) is 0. The molecule has 7 nitrogen and oxygen atoms in total. The number of nitrogens with zero attached hydrogens (tertiary/aromatic N) is 3. The molecule has 0 bridgehead atoms. The predicted octanol–water partition coefficient (Wildman–Crippen LogP) is 1.03. The summed E-state index contributed by atoms with van der Waals surface area (Å²) >= 11 is 0. The molecule has 26 heavy (non-hydrogen) atoms. The fraction of sp³-hybridized carbons (Fsp3) is 0.316. The van der Waals surface area contributed by atoms with E-state index in [9.17, 15) is 9.59 Å². The Bertz CT molecular complexity index is 786. The Morgan fingerprint density at radius 1 is 1.23 bits per heavy atom. The molecule has 1 saturated heterocycles. The van der Waals surface area contributed by atoms with E-state index in [1.807, 2.05) is 17.0 Å². The lowest BCUT2D eigenvalue weighted by atomic mass is 10.2. The minimum Gasteiger partial charge on any atom is -0.396 e. The molecule has 0 radical (unpaired) electrons. The molecule has 0 atom stereocenters. The van der Waals surface area contributed by atoms with Gasteiger partial charge in [0.25, 0.3) is 0 Å². The molecule has 1 aromatic carbocycles. The van der Waals surface area contributed by atoms with Crippen molar-refractivity contribution in [2.45, 2.75) is 6.92 Å². The Morgan fingerprint density at radius 3 is 2.65 bits per heavy atom. The molecule has 134 valence electrons. The largest absolute Gasteiger partial charge is 0.396 e. The van der Waals surface area contributed by atoms with E-state index in [2.05, 4.69) is 22.4 Å². The minimum atomic E-state index is -0.179. The van der Waals surface area contributed by atoms with Crippen LogP contribution >= 0.6 is 0 Å². The van der Waals surface area contributed by atoms with Gasteiger partial charge in [-0.15, -0.1) is 0 Å². The highest BCUT2D eigenvalue weighted by Crippen LogP contribution is 2.22. The Balaban J connectivity index is 1.62. The minimum absolute atomic E-state index is 0.0675. The van der Waals surface area contributed by atoms with Crippen LogP contribution in [0.3, 0.4) is 0 Å². The molecule has 0 unspecified atom stereocenters. The number of rotatable bonds is 4. The van der Waals surface area contributed by atoms with Crippen molar-refractivity contribution in [2.24, 2.45) is 0 Å². The third-order valence-corrected chi connectivity index (χ3v) is 4.29. The zero-order chi connectivity index (χ0) is 18.5. The van der Waals surface area contributed by atoms with Crippen molar-refractivity contribution < 1.29 is 9.59 Å². The predicted molar refractivity (Wildman–Crippen MR) is 99.1 cm³/mol. The Labute approximate surface area is 152 Å². The topological polar surface area (TPSA) is 91.6 Å². The van der Waals surface area contributed by atoms with E-state index in [0.717, 1.165) is 5.56 Å². The molecule has 1 fully saturated rings. The summed E-state index contributed by atoms with van der Waals surface area (Å²) in [7, 11) is 0. The number of amides is 2. The second kappa shape index (κ2) is 7.85. The van der Waals surface area contributed by atoms with Gasteiger partial charge in [0.1, 0.15) is 0 Å². The highest BCUT2D eigenvalue weighted by Gasteiger charge is 2.20. The van der Waals surface area contributed by atoms with Gasteiger partial charge in [0, 0.05) is 33.1 Å². The summed E-state index contributed by atoms with van der Waals surface area (Å²) in [6, 6.07) is 14.8. The smallest absolute Gasteiger partial charge is 0.239 e. The standard InChI is InChI=1S/C19H21N5O2/c1-14(25)24-11-9-23(10-12-24)13-18(26)22-19-16(20)7-8-17(21-19)15-5-3-2-4-6-15/h2-3,5,7-8H,9-13,20H2,1H3,(H,21,22,26). The number of nitrogens with one attached hydrogen (secondary N) is 1. The molecule has 2 aromatic rings. The third-order valence-electron chi connectivity index (χ3n) is 4.29. The van der Waals surface area contributed by atoms with Crippen LogP contribution in [0.4, 0.5) is 11.5 Å². The fourth-order valence-corrected chi connectivity index (χ4v) is 2.82. The number of hydrogen-bond donors (Lipinski definition) is 2. The number of piperazine rings is 1. The summed E-state index contributed by atoms with van der Waals surface area (Å²) < 4.78 is 0. The van der Waals surface area contributed by atoms with Gasteiger partial charge in [0.05, 0.1) is 23.5 Å². The first-order valence-electron chi connectivity index (χ1n) is 8.46. The molecule has 0 spiro atoms. The van der Waals surface area contributed by atoms with Crippen LogP contribution in [-0.2, 0) is 9.59 Å². The Kier molecular flexibility index (Phi) is 5.34. The lowest BCUT2D eigenvalue weighted by Gasteiger charge is -2.33. The van der Waals surface area contributed by atoms with Crippen molar-refractivity contribution in [1.82, 2.24) is 14.8 Å². The van der Waals surface area contributed by atoms with Crippen molar-refractivity contribution in [1.29, 1.82) is 0 Å². The van der Waals surface area contributed by atoms with E-state index in [1.54, 1.807) is 30.0 Å². The number of hydrogen-bond acceptors (Lipinski definition) is 5. The molecule has 1 aliphatic heterocycles. The van der Waals surface area contributed by atoms with E-state index in [4.69, 9.17) is 5.73 Å². The van der Waals surface area contributed by atoms with Gasteiger partial charge in [0.15, 0.2) is 5.82 Å². The molecular formula is C19H21N5O2. The number of carbonyl (C=O) groups excluding carboxylic acids is 2. The van der Waals surface area contributed by atoms with Crippen LogP contribution in [0.15, 0.2) is 30.3 Å². The summed E-state index contributed by atoms with van der Waals surface area (Å²) in [5.74, 6) is 0.228. The number of aromatic nitrogens is 1. The quantitative estimate of drug-likeness (QED) is 0.859. The van der Waals surface area contributed by atoms with Crippen molar-refractivity contribution in [3.8, 4) is 11.3 Å². The van der Waals surface area contributed by atoms with Crippen LogP contribution < -0.4 is 11.1 Å². The second-order valence-electron chi connectivity index (χ2n) is 6.17. The van der Waals surface area contributed by atoms with Crippen molar-refractivity contribution in [3.05, 3.63) is 42.5 Å². The summed E-state index contributed by atoms with van der Waals surface area (Å²) in [5.41, 5.74) is 7.80. The van der Waals surface area contributed by atoms with Gasteiger partial charge < -0.3 is 16.0 Å². The van der Waals surface area contributed by atoms with Gasteiger partial charge in [0.2, 0.25) is 11.8 Å². The van der Waals surface area contributed by atoms with E-state index < -0.39 is 0 Å². The molecule has 1 aromatic heterocycles. The molecule has 3 rings (SSSR count). The number of nitrogen functional groups attached to an aromatic ring is 1. The maximum Gasteiger partial charge on any atom is 0.239 e. The van der Waals surface area contributed by atoms with Crippen LogP contribution in [-0.4, -0.2) is 59.3 Å². The van der Waals surface area contributed by atoms with Gasteiger partial charge in [-0.2, -0.15) is 0 Å². The first kappa shape index (κ1) is 17.7. The first-order valence-corrected chi connectivity index (χ1v) is 8.46. The monoisotopic (exact) mass is 351 g/mol. The van der Waals surface area contributed by atoms with E-state index in [0.29, 0.717) is 43.4 Å². The zero-order valence-corrected chi connectivity index (χ0v) is 14.7. The summed E-state index contributed by atoms with van der Waals surface area (Å²) in [5, 5.41) is 2.78. The summed E-state index contributed by atoms with van der Waals surface area (Å²) in [6.45, 7) is 4.42. The molecular weight excluding hydrogens is 330 g/mol. The maximum absolute atomic E-state index is 12.4. The molecule has 7 heteroatoms. The Hall–Kier alpha value is -3.11. The van der Waals surface area contributed by atoms with E-state index in [1.165, 1.54) is 0 Å². The van der Waals surface area contributed by atoms with Crippen LogP contribution in [0.5, 0.6) is 0 Å². The molecule has 0 saturated carbocycles. The average molecular weight is 351 g/mol. The van der Waals surface area contributed by atoms with Crippen LogP contribution in [0, 0.1) is 12.1 Å². The molecule has 3 N–H and O–H groups in total. The number of carbonyl (C=O) groups is 2. The van der Waals surface area contributed by atoms with Gasteiger partial charge in [-0.05, 0) is 24.3 Å².